The zero-order chi connectivity index (χ0) is 16.6. The highest BCUT2D eigenvalue weighted by molar-refractivity contribution is 6.36. The van der Waals surface area contributed by atoms with Crippen molar-refractivity contribution in [2.24, 2.45) is 0 Å². The molecule has 0 spiro atoms. The van der Waals surface area contributed by atoms with Crippen LogP contribution in [0.15, 0.2) is 36.5 Å². The number of fused-ring (bicyclic) bond motifs is 1. The van der Waals surface area contributed by atoms with Crippen molar-refractivity contribution >= 4 is 35.0 Å². The molecule has 0 atom stereocenters. The van der Waals surface area contributed by atoms with Crippen molar-refractivity contribution in [3.8, 4) is 16.9 Å². The summed E-state index contributed by atoms with van der Waals surface area (Å²) in [4.78, 5) is 11.6. The van der Waals surface area contributed by atoms with Crippen LogP contribution in [0.2, 0.25) is 10.0 Å². The largest absolute Gasteiger partial charge is 0.492 e. The van der Waals surface area contributed by atoms with Crippen LogP contribution in [0.25, 0.3) is 16.6 Å². The summed E-state index contributed by atoms with van der Waals surface area (Å²) in [5.41, 5.74) is 4.06. The summed E-state index contributed by atoms with van der Waals surface area (Å²) in [6.07, 6.45) is 2.71. The zero-order valence-corrected chi connectivity index (χ0v) is 14.3. The maximum absolute atomic E-state index is 11.6. The van der Waals surface area contributed by atoms with Gasteiger partial charge < -0.3 is 9.14 Å². The number of halogens is 2. The molecule has 0 N–H and O–H groups in total. The minimum absolute atomic E-state index is 0.467. The molecule has 0 saturated carbocycles. The summed E-state index contributed by atoms with van der Waals surface area (Å²) < 4.78 is 7.29. The van der Waals surface area contributed by atoms with Crippen molar-refractivity contribution in [2.75, 3.05) is 6.61 Å². The number of pyridine rings is 1. The lowest BCUT2D eigenvalue weighted by Gasteiger charge is -2.10. The summed E-state index contributed by atoms with van der Waals surface area (Å²) in [6.45, 7) is 4.39. The van der Waals surface area contributed by atoms with E-state index >= 15 is 0 Å². The molecule has 0 aliphatic heterocycles. The molecule has 3 aromatic rings. The fourth-order valence-electron chi connectivity index (χ4n) is 2.65. The zero-order valence-electron chi connectivity index (χ0n) is 12.8. The standard InChI is InChI=1S/C18H15Cl2NO2/c1-3-23-18-9-15(19)13(8-16(18)20)14-7-12-6-11(2)4-5-21(12)17(14)10-22/h4-10H,3H2,1-2H3. The number of nitrogens with zero attached hydrogens (tertiary/aromatic N) is 1. The fraction of sp³-hybridized carbons (Fsp3) is 0.167. The van der Waals surface area contributed by atoms with Gasteiger partial charge in [0, 0.05) is 28.9 Å². The predicted molar refractivity (Wildman–Crippen MR) is 94.1 cm³/mol. The van der Waals surface area contributed by atoms with E-state index in [-0.39, 0.29) is 0 Å². The van der Waals surface area contributed by atoms with Gasteiger partial charge in [-0.2, -0.15) is 0 Å². The molecule has 0 aliphatic carbocycles. The molecule has 2 heterocycles. The highest BCUT2D eigenvalue weighted by Gasteiger charge is 2.16. The van der Waals surface area contributed by atoms with E-state index in [1.807, 2.05) is 42.6 Å². The minimum Gasteiger partial charge on any atom is -0.492 e. The van der Waals surface area contributed by atoms with Crippen LogP contribution in [0, 0.1) is 6.92 Å². The Labute approximate surface area is 144 Å². The quantitative estimate of drug-likeness (QED) is 0.589. The van der Waals surface area contributed by atoms with E-state index in [1.54, 1.807) is 12.1 Å². The van der Waals surface area contributed by atoms with Gasteiger partial charge in [0.25, 0.3) is 0 Å². The van der Waals surface area contributed by atoms with Crippen LogP contribution in [-0.2, 0) is 0 Å². The maximum Gasteiger partial charge on any atom is 0.167 e. The lowest BCUT2D eigenvalue weighted by molar-refractivity contribution is 0.111. The molecule has 0 bridgehead atoms. The summed E-state index contributed by atoms with van der Waals surface area (Å²) in [5.74, 6) is 0.537. The van der Waals surface area contributed by atoms with E-state index < -0.39 is 0 Å². The number of hydrogen-bond donors (Lipinski definition) is 0. The molecule has 0 radical (unpaired) electrons. The Kier molecular flexibility index (Phi) is 4.33. The van der Waals surface area contributed by atoms with Crippen molar-refractivity contribution in [2.45, 2.75) is 13.8 Å². The molecule has 3 rings (SSSR count). The summed E-state index contributed by atoms with van der Waals surface area (Å²) >= 11 is 12.7. The van der Waals surface area contributed by atoms with Gasteiger partial charge in [0.2, 0.25) is 0 Å². The Morgan fingerprint density at radius 1 is 1.13 bits per heavy atom. The van der Waals surface area contributed by atoms with E-state index in [0.717, 1.165) is 22.9 Å². The first-order chi connectivity index (χ1) is 11.0. The summed E-state index contributed by atoms with van der Waals surface area (Å²) in [5, 5.41) is 0.961. The van der Waals surface area contributed by atoms with E-state index in [4.69, 9.17) is 27.9 Å². The molecule has 118 valence electrons. The van der Waals surface area contributed by atoms with E-state index in [1.165, 1.54) is 0 Å². The average Bonchev–Trinajstić information content (AvgIpc) is 2.88. The smallest absolute Gasteiger partial charge is 0.167 e. The Hall–Kier alpha value is -1.97. The fourth-order valence-corrected chi connectivity index (χ4v) is 3.12. The molecule has 2 aromatic heterocycles. The van der Waals surface area contributed by atoms with Gasteiger partial charge in [-0.25, -0.2) is 0 Å². The summed E-state index contributed by atoms with van der Waals surface area (Å²) in [7, 11) is 0. The van der Waals surface area contributed by atoms with Crippen molar-refractivity contribution in [3.05, 3.63) is 57.8 Å². The second-order valence-corrected chi connectivity index (χ2v) is 6.07. The van der Waals surface area contributed by atoms with E-state index in [9.17, 15) is 4.79 Å². The third-order valence-corrected chi connectivity index (χ3v) is 4.30. The van der Waals surface area contributed by atoms with Crippen LogP contribution >= 0.6 is 23.2 Å². The molecule has 23 heavy (non-hydrogen) atoms. The molecule has 3 nitrogen and oxygen atoms in total. The van der Waals surface area contributed by atoms with Crippen molar-refractivity contribution in [1.29, 1.82) is 0 Å². The number of carbonyl (C=O) groups excluding carboxylic acids is 1. The lowest BCUT2D eigenvalue weighted by Crippen LogP contribution is -1.95. The number of ether oxygens (including phenoxy) is 1. The topological polar surface area (TPSA) is 30.7 Å². The van der Waals surface area contributed by atoms with Gasteiger partial charge in [-0.3, -0.25) is 4.79 Å². The van der Waals surface area contributed by atoms with Crippen molar-refractivity contribution in [3.63, 3.8) is 0 Å². The number of rotatable bonds is 4. The predicted octanol–water partition coefficient (Wildman–Crippen LogP) is 5.43. The average molecular weight is 348 g/mol. The second-order valence-electron chi connectivity index (χ2n) is 5.26. The molecular formula is C18H15Cl2NO2. The molecule has 0 saturated heterocycles. The first kappa shape index (κ1) is 15.9. The number of aromatic nitrogens is 1. The summed E-state index contributed by atoms with van der Waals surface area (Å²) in [6, 6.07) is 9.33. The number of carbonyl (C=O) groups is 1. The van der Waals surface area contributed by atoms with Crippen LogP contribution in [0.3, 0.4) is 0 Å². The van der Waals surface area contributed by atoms with Crippen molar-refractivity contribution in [1.82, 2.24) is 4.40 Å². The SMILES string of the molecule is CCOc1cc(Cl)c(-c2cc3cc(C)ccn3c2C=O)cc1Cl. The van der Waals surface area contributed by atoms with Crippen molar-refractivity contribution < 1.29 is 9.53 Å². The van der Waals surface area contributed by atoms with Gasteiger partial charge >= 0.3 is 0 Å². The normalized spacial score (nSPS) is 11.0. The van der Waals surface area contributed by atoms with Gasteiger partial charge in [0.1, 0.15) is 5.75 Å². The van der Waals surface area contributed by atoms with Crippen LogP contribution in [-0.4, -0.2) is 17.3 Å². The van der Waals surface area contributed by atoms with Crippen LogP contribution < -0.4 is 4.74 Å². The Morgan fingerprint density at radius 2 is 1.91 bits per heavy atom. The van der Waals surface area contributed by atoms with Crippen LogP contribution in [0.1, 0.15) is 23.0 Å². The second kappa shape index (κ2) is 6.26. The molecule has 0 fully saturated rings. The van der Waals surface area contributed by atoms with E-state index in [0.29, 0.717) is 33.7 Å². The molecule has 0 unspecified atom stereocenters. The maximum atomic E-state index is 11.6. The van der Waals surface area contributed by atoms with Crippen LogP contribution in [0.5, 0.6) is 5.75 Å². The molecule has 1 aromatic carbocycles. The van der Waals surface area contributed by atoms with Gasteiger partial charge in [-0.15, -0.1) is 0 Å². The van der Waals surface area contributed by atoms with Gasteiger partial charge in [0.15, 0.2) is 6.29 Å². The third-order valence-electron chi connectivity index (χ3n) is 3.69. The monoisotopic (exact) mass is 347 g/mol. The third kappa shape index (κ3) is 2.82. The minimum atomic E-state index is 0.467. The Bertz CT molecular complexity index is 900. The van der Waals surface area contributed by atoms with Gasteiger partial charge in [-0.1, -0.05) is 23.2 Å². The van der Waals surface area contributed by atoms with E-state index in [2.05, 4.69) is 0 Å². The van der Waals surface area contributed by atoms with Crippen LogP contribution in [0.4, 0.5) is 0 Å². The van der Waals surface area contributed by atoms with Gasteiger partial charge in [-0.05, 0) is 43.7 Å². The highest BCUT2D eigenvalue weighted by atomic mass is 35.5. The Balaban J connectivity index is 2.24. The lowest BCUT2D eigenvalue weighted by atomic mass is 10.1. The number of benzene rings is 1. The Morgan fingerprint density at radius 3 is 2.61 bits per heavy atom. The number of aldehydes is 1. The first-order valence-corrected chi connectivity index (χ1v) is 7.99. The molecule has 0 aliphatic rings. The number of aryl methyl sites for hydroxylation is 1. The first-order valence-electron chi connectivity index (χ1n) is 7.24. The number of hydrogen-bond acceptors (Lipinski definition) is 2. The molecular weight excluding hydrogens is 333 g/mol. The molecule has 5 heteroatoms. The molecule has 0 amide bonds. The van der Waals surface area contributed by atoms with Gasteiger partial charge in [0.05, 0.1) is 22.3 Å². The highest BCUT2D eigenvalue weighted by Crippen LogP contribution is 2.39.